The van der Waals surface area contributed by atoms with Crippen LogP contribution in [0.5, 0.6) is 0 Å². The maximum Gasteiger partial charge on any atom is 0.240 e. The molecule has 102 valence electrons. The summed E-state index contributed by atoms with van der Waals surface area (Å²) in [6, 6.07) is 2.10. The highest BCUT2D eigenvalue weighted by Gasteiger charge is 2.18. The number of rotatable bonds is 6. The zero-order chi connectivity index (χ0) is 13.8. The molecule has 0 bridgehead atoms. The fourth-order valence-electron chi connectivity index (χ4n) is 1.23. The molecule has 0 unspecified atom stereocenters. The van der Waals surface area contributed by atoms with Crippen LogP contribution in [0.1, 0.15) is 5.56 Å². The molecule has 1 aromatic carbocycles. The van der Waals surface area contributed by atoms with Crippen LogP contribution >= 0.6 is 23.2 Å². The number of nitrogens with one attached hydrogen (secondary N) is 1. The van der Waals surface area contributed by atoms with E-state index in [1.807, 2.05) is 0 Å². The minimum absolute atomic E-state index is 0.0722. The maximum absolute atomic E-state index is 13.4. The Labute approximate surface area is 115 Å². The predicted octanol–water partition coefficient (Wildman–Crippen LogP) is 2.14. The Hall–Kier alpha value is -0.400. The fraction of sp³-hybridized carbons (Fsp3) is 0.400. The highest BCUT2D eigenvalue weighted by Crippen LogP contribution is 2.25. The molecule has 0 aliphatic rings. The number of benzene rings is 1. The molecule has 0 fully saturated rings. The van der Waals surface area contributed by atoms with Gasteiger partial charge in [-0.1, -0.05) is 11.6 Å². The maximum atomic E-state index is 13.4. The van der Waals surface area contributed by atoms with Crippen LogP contribution in [0.2, 0.25) is 5.02 Å². The summed E-state index contributed by atoms with van der Waals surface area (Å²) in [5.74, 6) is -0.890. The van der Waals surface area contributed by atoms with E-state index in [4.69, 9.17) is 27.9 Å². The second-order valence-corrected chi connectivity index (χ2v) is 5.81. The third-order valence-electron chi connectivity index (χ3n) is 2.13. The Morgan fingerprint density at radius 3 is 2.67 bits per heavy atom. The van der Waals surface area contributed by atoms with Crippen LogP contribution in [0, 0.1) is 5.82 Å². The quantitative estimate of drug-likeness (QED) is 0.646. The number of halogens is 3. The Balaban J connectivity index is 3.05. The van der Waals surface area contributed by atoms with Crippen LogP contribution in [-0.4, -0.2) is 28.7 Å². The molecule has 1 aromatic rings. The first-order valence-corrected chi connectivity index (χ1v) is 7.34. The van der Waals surface area contributed by atoms with E-state index < -0.39 is 15.8 Å². The van der Waals surface area contributed by atoms with Gasteiger partial charge in [-0.05, 0) is 17.7 Å². The summed E-state index contributed by atoms with van der Waals surface area (Å²) in [6.07, 6.45) is 0. The smallest absolute Gasteiger partial charge is 0.240 e. The first kappa shape index (κ1) is 15.7. The SMILES string of the molecule is COCCNS(=O)(=O)c1cc(F)c(Cl)c(CCl)c1. The van der Waals surface area contributed by atoms with Gasteiger partial charge in [0.15, 0.2) is 0 Å². The first-order chi connectivity index (χ1) is 8.42. The standard InChI is InChI=1S/C10H12Cl2FNO3S/c1-17-3-2-14-18(15,16)8-4-7(6-11)10(12)9(13)5-8/h4-5,14H,2-3,6H2,1H3. The molecule has 0 saturated heterocycles. The van der Waals surface area contributed by atoms with Crippen LogP contribution < -0.4 is 4.72 Å². The minimum Gasteiger partial charge on any atom is -0.383 e. The predicted molar refractivity (Wildman–Crippen MR) is 68.0 cm³/mol. The van der Waals surface area contributed by atoms with E-state index in [1.54, 1.807) is 0 Å². The van der Waals surface area contributed by atoms with E-state index >= 15 is 0 Å². The number of ether oxygens (including phenoxy) is 1. The number of sulfonamides is 1. The minimum atomic E-state index is -3.79. The lowest BCUT2D eigenvalue weighted by Crippen LogP contribution is -2.27. The molecular weight excluding hydrogens is 304 g/mol. The highest BCUT2D eigenvalue weighted by atomic mass is 35.5. The summed E-state index contributed by atoms with van der Waals surface area (Å²) in [5, 5.41) is -0.166. The largest absolute Gasteiger partial charge is 0.383 e. The van der Waals surface area contributed by atoms with Gasteiger partial charge in [-0.2, -0.15) is 0 Å². The van der Waals surface area contributed by atoms with Gasteiger partial charge in [0, 0.05) is 19.5 Å². The van der Waals surface area contributed by atoms with E-state index in [9.17, 15) is 12.8 Å². The fourth-order valence-corrected chi connectivity index (χ4v) is 2.76. The summed E-state index contributed by atoms with van der Waals surface area (Å²) in [4.78, 5) is -0.212. The molecule has 18 heavy (non-hydrogen) atoms. The average Bonchev–Trinajstić information content (AvgIpc) is 2.32. The molecule has 4 nitrogen and oxygen atoms in total. The summed E-state index contributed by atoms with van der Waals surface area (Å²) >= 11 is 11.2. The van der Waals surface area contributed by atoms with E-state index in [-0.39, 0.29) is 34.5 Å². The van der Waals surface area contributed by atoms with Crippen LogP contribution in [-0.2, 0) is 20.6 Å². The molecule has 8 heteroatoms. The lowest BCUT2D eigenvalue weighted by molar-refractivity contribution is 0.204. The second kappa shape index (κ2) is 6.68. The van der Waals surface area contributed by atoms with Crippen molar-refractivity contribution in [2.75, 3.05) is 20.3 Å². The molecule has 0 aromatic heterocycles. The van der Waals surface area contributed by atoms with Gasteiger partial charge in [-0.15, -0.1) is 11.6 Å². The van der Waals surface area contributed by atoms with Gasteiger partial charge in [0.25, 0.3) is 0 Å². The first-order valence-electron chi connectivity index (χ1n) is 4.95. The van der Waals surface area contributed by atoms with Crippen molar-refractivity contribution in [3.8, 4) is 0 Å². The summed E-state index contributed by atoms with van der Waals surface area (Å²) < 4.78 is 44.1. The van der Waals surface area contributed by atoms with Crippen molar-refractivity contribution >= 4 is 33.2 Å². The van der Waals surface area contributed by atoms with Crippen molar-refractivity contribution in [1.82, 2.24) is 4.72 Å². The van der Waals surface area contributed by atoms with Crippen molar-refractivity contribution in [1.29, 1.82) is 0 Å². The van der Waals surface area contributed by atoms with Crippen molar-refractivity contribution in [2.45, 2.75) is 10.8 Å². The summed E-state index contributed by atoms with van der Waals surface area (Å²) in [6.45, 7) is 0.316. The van der Waals surface area contributed by atoms with Crippen molar-refractivity contribution in [3.63, 3.8) is 0 Å². The average molecular weight is 316 g/mol. The molecule has 0 atom stereocenters. The Morgan fingerprint density at radius 2 is 2.11 bits per heavy atom. The normalized spacial score (nSPS) is 11.8. The monoisotopic (exact) mass is 315 g/mol. The lowest BCUT2D eigenvalue weighted by Gasteiger charge is -2.09. The zero-order valence-corrected chi connectivity index (χ0v) is 11.9. The zero-order valence-electron chi connectivity index (χ0n) is 9.54. The van der Waals surface area contributed by atoms with Gasteiger partial charge in [-0.3, -0.25) is 0 Å². The van der Waals surface area contributed by atoms with E-state index in [1.165, 1.54) is 13.2 Å². The molecule has 0 spiro atoms. The second-order valence-electron chi connectivity index (χ2n) is 3.40. The van der Waals surface area contributed by atoms with Gasteiger partial charge in [0.2, 0.25) is 10.0 Å². The molecule has 0 heterocycles. The van der Waals surface area contributed by atoms with Gasteiger partial charge >= 0.3 is 0 Å². The third-order valence-corrected chi connectivity index (χ3v) is 4.28. The number of hydrogen-bond acceptors (Lipinski definition) is 3. The highest BCUT2D eigenvalue weighted by molar-refractivity contribution is 7.89. The number of hydrogen-bond donors (Lipinski definition) is 1. The van der Waals surface area contributed by atoms with Crippen LogP contribution in [0.4, 0.5) is 4.39 Å². The van der Waals surface area contributed by atoms with Crippen LogP contribution in [0.15, 0.2) is 17.0 Å². The summed E-state index contributed by atoms with van der Waals surface area (Å²) in [5.41, 5.74) is 0.227. The molecule has 1 N–H and O–H groups in total. The van der Waals surface area contributed by atoms with Crippen LogP contribution in [0.3, 0.4) is 0 Å². The van der Waals surface area contributed by atoms with Gasteiger partial charge in [0.05, 0.1) is 16.5 Å². The molecular formula is C10H12Cl2FNO3S. The summed E-state index contributed by atoms with van der Waals surface area (Å²) in [7, 11) is -2.35. The molecule has 0 amide bonds. The third kappa shape index (κ3) is 3.80. The van der Waals surface area contributed by atoms with E-state index in [2.05, 4.69) is 4.72 Å². The molecule has 0 saturated carbocycles. The van der Waals surface area contributed by atoms with Gasteiger partial charge < -0.3 is 4.74 Å². The number of alkyl halides is 1. The molecule has 0 aliphatic carbocycles. The van der Waals surface area contributed by atoms with Crippen LogP contribution in [0.25, 0.3) is 0 Å². The van der Waals surface area contributed by atoms with Crippen molar-refractivity contribution in [3.05, 3.63) is 28.5 Å². The molecule has 1 rings (SSSR count). The Bertz CT molecular complexity index is 522. The lowest BCUT2D eigenvalue weighted by atomic mass is 10.2. The Morgan fingerprint density at radius 1 is 1.44 bits per heavy atom. The van der Waals surface area contributed by atoms with E-state index in [0.717, 1.165) is 6.07 Å². The van der Waals surface area contributed by atoms with Crippen molar-refractivity contribution < 1.29 is 17.5 Å². The number of methoxy groups -OCH3 is 1. The van der Waals surface area contributed by atoms with Crippen molar-refractivity contribution in [2.24, 2.45) is 0 Å². The van der Waals surface area contributed by atoms with E-state index in [0.29, 0.717) is 0 Å². The topological polar surface area (TPSA) is 55.4 Å². The Kier molecular flexibility index (Phi) is 5.81. The van der Waals surface area contributed by atoms with Gasteiger partial charge in [0.1, 0.15) is 5.82 Å². The molecule has 0 aliphatic heterocycles. The van der Waals surface area contributed by atoms with Gasteiger partial charge in [-0.25, -0.2) is 17.5 Å². The molecule has 0 radical (unpaired) electrons.